The van der Waals surface area contributed by atoms with Gasteiger partial charge in [0.05, 0.1) is 12.3 Å². The summed E-state index contributed by atoms with van der Waals surface area (Å²) in [5.74, 6) is 2.31. The van der Waals surface area contributed by atoms with Crippen molar-refractivity contribution in [3.05, 3.63) is 74.9 Å². The Morgan fingerprint density at radius 1 is 1.29 bits per heavy atom. The van der Waals surface area contributed by atoms with Crippen molar-refractivity contribution < 1.29 is 9.15 Å². The molecule has 0 aromatic carbocycles. The molecule has 0 fully saturated rings. The van der Waals surface area contributed by atoms with Crippen LogP contribution in [0.15, 0.2) is 45.2 Å². The van der Waals surface area contributed by atoms with Crippen molar-refractivity contribution in [2.24, 2.45) is 0 Å². The molecule has 2 aliphatic heterocycles. The number of fused-ring (bicyclic) bond motifs is 2. The summed E-state index contributed by atoms with van der Waals surface area (Å²) < 4.78 is 12.4. The lowest BCUT2D eigenvalue weighted by atomic mass is 10.0. The van der Waals surface area contributed by atoms with E-state index in [0.717, 1.165) is 47.9 Å². The fourth-order valence-corrected chi connectivity index (χ4v) is 4.27. The maximum Gasteiger partial charge on any atom is 0.272 e. The second-order valence-electron chi connectivity index (χ2n) is 8.09. The van der Waals surface area contributed by atoms with E-state index in [2.05, 4.69) is 33.3 Å². The molecule has 1 unspecified atom stereocenters. The number of nitrogens with one attached hydrogen (secondary N) is 1. The molecule has 3 aromatic heterocycles. The van der Waals surface area contributed by atoms with Crippen molar-refractivity contribution in [1.82, 2.24) is 19.5 Å². The van der Waals surface area contributed by atoms with Crippen LogP contribution in [0, 0.1) is 6.92 Å². The molecule has 0 spiro atoms. The van der Waals surface area contributed by atoms with Gasteiger partial charge in [0, 0.05) is 50.1 Å². The van der Waals surface area contributed by atoms with E-state index in [1.165, 1.54) is 16.3 Å². The predicted octanol–water partition coefficient (Wildman–Crippen LogP) is 2.70. The van der Waals surface area contributed by atoms with Gasteiger partial charge in [-0.2, -0.15) is 0 Å². The Labute approximate surface area is 180 Å². The van der Waals surface area contributed by atoms with Gasteiger partial charge in [-0.05, 0) is 49.3 Å². The zero-order valence-electron chi connectivity index (χ0n) is 17.9. The lowest BCUT2D eigenvalue weighted by Gasteiger charge is -2.38. The van der Waals surface area contributed by atoms with E-state index in [-0.39, 0.29) is 11.7 Å². The quantitative estimate of drug-likeness (QED) is 0.696. The van der Waals surface area contributed by atoms with E-state index >= 15 is 0 Å². The van der Waals surface area contributed by atoms with E-state index in [0.29, 0.717) is 18.1 Å². The van der Waals surface area contributed by atoms with E-state index in [1.807, 2.05) is 31.3 Å². The molecular weight excluding hydrogens is 394 g/mol. The third-order valence-corrected chi connectivity index (χ3v) is 5.79. The van der Waals surface area contributed by atoms with E-state index in [9.17, 15) is 4.79 Å². The summed E-state index contributed by atoms with van der Waals surface area (Å²) >= 11 is 0. The highest BCUT2D eigenvalue weighted by Crippen LogP contribution is 2.28. The number of ether oxygens (including phenoxy) is 1. The highest BCUT2D eigenvalue weighted by molar-refractivity contribution is 5.58. The first kappa shape index (κ1) is 19.7. The highest BCUT2D eigenvalue weighted by atomic mass is 16.5. The van der Waals surface area contributed by atoms with Crippen LogP contribution < -0.4 is 11.0 Å². The number of pyridine rings is 1. The third-order valence-electron chi connectivity index (χ3n) is 5.79. The lowest BCUT2D eigenvalue weighted by molar-refractivity contribution is 0.180. The van der Waals surface area contributed by atoms with Gasteiger partial charge in [0.25, 0.3) is 5.56 Å². The van der Waals surface area contributed by atoms with Crippen LogP contribution in [0.2, 0.25) is 0 Å². The van der Waals surface area contributed by atoms with Crippen LogP contribution in [0.1, 0.15) is 35.5 Å². The number of nitrogens with zero attached hydrogens (tertiary/aromatic N) is 4. The average Bonchev–Trinajstić information content (AvgIpc) is 3.19. The number of hydrogen-bond donors (Lipinski definition) is 1. The zero-order valence-corrected chi connectivity index (χ0v) is 17.9. The minimum absolute atomic E-state index is 0.0945. The standard InChI is InChI=1S/C23H25N5O3/c1-14-8-21-25-18(13-30-3)10-22(29)28(21)26-23(14)27-7-6-19-17(12-27)9-16(11-24-19)20-5-4-15(2)31-20/h4-5,8-11,23,26H,6-7,12-13H2,1-3H3. The smallest absolute Gasteiger partial charge is 0.272 e. The van der Waals surface area contributed by atoms with Crippen molar-refractivity contribution in [3.8, 4) is 11.3 Å². The summed E-state index contributed by atoms with van der Waals surface area (Å²) in [4.78, 5) is 24.2. The van der Waals surface area contributed by atoms with Crippen molar-refractivity contribution in [1.29, 1.82) is 0 Å². The summed E-state index contributed by atoms with van der Waals surface area (Å²) in [6.07, 6.45) is 4.61. The molecule has 160 valence electrons. The van der Waals surface area contributed by atoms with Gasteiger partial charge in [0.15, 0.2) is 5.82 Å². The first-order valence-corrected chi connectivity index (χ1v) is 10.4. The Bertz CT molecular complexity index is 1230. The highest BCUT2D eigenvalue weighted by Gasteiger charge is 2.29. The summed E-state index contributed by atoms with van der Waals surface area (Å²) in [5, 5.41) is 0. The summed E-state index contributed by atoms with van der Waals surface area (Å²) in [7, 11) is 1.59. The predicted molar refractivity (Wildman–Crippen MR) is 117 cm³/mol. The SMILES string of the molecule is COCc1cc(=O)n2c(n1)C=C(C)C(N1CCc3ncc(-c4ccc(C)o4)cc3C1)N2. The molecule has 5 heterocycles. The van der Waals surface area contributed by atoms with Crippen LogP contribution in [-0.4, -0.2) is 39.4 Å². The van der Waals surface area contributed by atoms with Crippen LogP contribution in [0.4, 0.5) is 0 Å². The van der Waals surface area contributed by atoms with Gasteiger partial charge in [-0.25, -0.2) is 9.66 Å². The zero-order chi connectivity index (χ0) is 21.5. The molecule has 0 saturated heterocycles. The van der Waals surface area contributed by atoms with Crippen LogP contribution in [0.3, 0.4) is 0 Å². The molecule has 5 rings (SSSR count). The number of aryl methyl sites for hydroxylation is 1. The van der Waals surface area contributed by atoms with E-state index < -0.39 is 0 Å². The molecule has 8 heteroatoms. The van der Waals surface area contributed by atoms with Crippen LogP contribution in [-0.2, 0) is 24.3 Å². The van der Waals surface area contributed by atoms with E-state index in [4.69, 9.17) is 9.15 Å². The Morgan fingerprint density at radius 3 is 2.94 bits per heavy atom. The normalized spacial score (nSPS) is 18.2. The van der Waals surface area contributed by atoms with Crippen molar-refractivity contribution >= 4 is 6.08 Å². The van der Waals surface area contributed by atoms with Gasteiger partial charge in [0.2, 0.25) is 0 Å². The number of furan rings is 1. The molecule has 3 aromatic rings. The lowest BCUT2D eigenvalue weighted by Crippen LogP contribution is -2.51. The Hall–Kier alpha value is -3.23. The molecule has 0 bridgehead atoms. The number of aromatic nitrogens is 3. The maximum atomic E-state index is 12.6. The van der Waals surface area contributed by atoms with E-state index in [1.54, 1.807) is 7.11 Å². The molecule has 0 aliphatic carbocycles. The van der Waals surface area contributed by atoms with Crippen LogP contribution >= 0.6 is 0 Å². The topological polar surface area (TPSA) is 85.4 Å². The second-order valence-corrected chi connectivity index (χ2v) is 8.09. The Morgan fingerprint density at radius 2 is 2.16 bits per heavy atom. The minimum atomic E-state index is -0.139. The molecular formula is C23H25N5O3. The average molecular weight is 419 g/mol. The molecule has 0 amide bonds. The number of rotatable bonds is 4. The summed E-state index contributed by atoms with van der Waals surface area (Å²) in [6.45, 7) is 5.89. The monoisotopic (exact) mass is 419 g/mol. The van der Waals surface area contributed by atoms with Gasteiger partial charge in [-0.1, -0.05) is 0 Å². The van der Waals surface area contributed by atoms with Gasteiger partial charge in [-0.3, -0.25) is 20.1 Å². The van der Waals surface area contributed by atoms with Crippen molar-refractivity contribution in [2.75, 3.05) is 19.1 Å². The fourth-order valence-electron chi connectivity index (χ4n) is 4.27. The van der Waals surface area contributed by atoms with Crippen LogP contribution in [0.5, 0.6) is 0 Å². The molecule has 1 atom stereocenters. The maximum absolute atomic E-state index is 12.6. The van der Waals surface area contributed by atoms with Gasteiger partial charge < -0.3 is 9.15 Å². The first-order valence-electron chi connectivity index (χ1n) is 10.4. The number of hydrogen-bond acceptors (Lipinski definition) is 7. The van der Waals surface area contributed by atoms with Crippen molar-refractivity contribution in [2.45, 2.75) is 39.6 Å². The first-order chi connectivity index (χ1) is 15.0. The minimum Gasteiger partial charge on any atom is -0.461 e. The third kappa shape index (κ3) is 3.68. The van der Waals surface area contributed by atoms with Crippen LogP contribution in [0.25, 0.3) is 17.4 Å². The summed E-state index contributed by atoms with van der Waals surface area (Å²) in [6, 6.07) is 7.61. The fraction of sp³-hybridized carbons (Fsp3) is 0.348. The number of methoxy groups -OCH3 is 1. The molecule has 2 aliphatic rings. The molecule has 8 nitrogen and oxygen atoms in total. The Kier molecular flexibility index (Phi) is 4.95. The molecule has 0 radical (unpaired) electrons. The molecule has 31 heavy (non-hydrogen) atoms. The van der Waals surface area contributed by atoms with Crippen molar-refractivity contribution in [3.63, 3.8) is 0 Å². The van der Waals surface area contributed by atoms with Gasteiger partial charge in [0.1, 0.15) is 17.7 Å². The van der Waals surface area contributed by atoms with Gasteiger partial charge in [-0.15, -0.1) is 0 Å². The molecule has 0 saturated carbocycles. The van der Waals surface area contributed by atoms with Gasteiger partial charge >= 0.3 is 0 Å². The summed E-state index contributed by atoms with van der Waals surface area (Å²) in [5.41, 5.74) is 8.22. The second kappa shape index (κ2) is 7.79. The largest absolute Gasteiger partial charge is 0.461 e. The molecule has 1 N–H and O–H groups in total. The Balaban J connectivity index is 1.42.